The first-order valence-corrected chi connectivity index (χ1v) is 6.60. The summed E-state index contributed by atoms with van der Waals surface area (Å²) in [5, 5.41) is 2.14. The summed E-state index contributed by atoms with van der Waals surface area (Å²) in [5.41, 5.74) is 6.62. The fourth-order valence-corrected chi connectivity index (χ4v) is 2.59. The quantitative estimate of drug-likeness (QED) is 0.819. The zero-order valence-electron chi connectivity index (χ0n) is 10.7. The van der Waals surface area contributed by atoms with Crippen LogP contribution in [0.1, 0.15) is 12.0 Å². The van der Waals surface area contributed by atoms with E-state index in [1.807, 2.05) is 30.2 Å². The Morgan fingerprint density at radius 1 is 1.26 bits per heavy atom. The van der Waals surface area contributed by atoms with Crippen molar-refractivity contribution < 1.29 is 4.79 Å². The van der Waals surface area contributed by atoms with Crippen molar-refractivity contribution in [3.05, 3.63) is 59.7 Å². The lowest BCUT2D eigenvalue weighted by Gasteiger charge is -2.34. The topological polar surface area (TPSA) is 32.3 Å². The predicted molar refractivity (Wildman–Crippen MR) is 76.5 cm³/mol. The van der Waals surface area contributed by atoms with Crippen LogP contribution in [-0.4, -0.2) is 18.5 Å². The summed E-state index contributed by atoms with van der Waals surface area (Å²) in [5.74, 6) is 2.01. The number of hydrogen-bond acceptors (Lipinski definition) is 3. The lowest BCUT2D eigenvalue weighted by Crippen LogP contribution is -2.47. The van der Waals surface area contributed by atoms with Crippen molar-refractivity contribution in [2.24, 2.45) is 0 Å². The Bertz CT molecular complexity index is 582. The standard InChI is InChI=1S/C16H16N2O/c19-12-14-7-1-3-9-15(14)17-18-11-5-8-13-6-2-4-10-16(13)18/h1-4,6-7,9-10,15,17H,5,8,11H2. The average molecular weight is 252 g/mol. The first-order chi connectivity index (χ1) is 9.38. The molecule has 2 aliphatic rings. The minimum atomic E-state index is -0.0892. The highest BCUT2D eigenvalue weighted by atomic mass is 16.1. The third-order valence-corrected chi connectivity index (χ3v) is 3.55. The summed E-state index contributed by atoms with van der Waals surface area (Å²) in [4.78, 5) is 11.0. The first-order valence-electron chi connectivity index (χ1n) is 6.60. The molecule has 19 heavy (non-hydrogen) atoms. The van der Waals surface area contributed by atoms with Gasteiger partial charge < -0.3 is 5.01 Å². The molecule has 0 radical (unpaired) electrons. The van der Waals surface area contributed by atoms with E-state index < -0.39 is 0 Å². The fourth-order valence-electron chi connectivity index (χ4n) is 2.59. The lowest BCUT2D eigenvalue weighted by molar-refractivity contribution is 0.550. The van der Waals surface area contributed by atoms with Gasteiger partial charge in [0.25, 0.3) is 0 Å². The summed E-state index contributed by atoms with van der Waals surface area (Å²) in [7, 11) is 0. The molecule has 0 saturated heterocycles. The highest BCUT2D eigenvalue weighted by molar-refractivity contribution is 5.63. The van der Waals surface area contributed by atoms with Gasteiger partial charge in [0, 0.05) is 6.54 Å². The summed E-state index contributed by atoms with van der Waals surface area (Å²) >= 11 is 0. The van der Waals surface area contributed by atoms with Crippen molar-refractivity contribution in [3.8, 4) is 0 Å². The monoisotopic (exact) mass is 252 g/mol. The van der Waals surface area contributed by atoms with Crippen molar-refractivity contribution in [3.63, 3.8) is 0 Å². The molecule has 1 N–H and O–H groups in total. The van der Waals surface area contributed by atoms with Crippen molar-refractivity contribution in [1.82, 2.24) is 5.43 Å². The van der Waals surface area contributed by atoms with Crippen LogP contribution in [0.25, 0.3) is 0 Å². The molecule has 3 rings (SSSR count). The van der Waals surface area contributed by atoms with Gasteiger partial charge >= 0.3 is 0 Å². The van der Waals surface area contributed by atoms with E-state index in [1.165, 1.54) is 11.3 Å². The molecule has 1 heterocycles. The normalized spacial score (nSPS) is 21.2. The molecule has 96 valence electrons. The van der Waals surface area contributed by atoms with Gasteiger partial charge in [-0.2, -0.15) is 0 Å². The Morgan fingerprint density at radius 3 is 3.05 bits per heavy atom. The van der Waals surface area contributed by atoms with Crippen molar-refractivity contribution >= 4 is 11.6 Å². The second-order valence-corrected chi connectivity index (χ2v) is 4.79. The summed E-state index contributed by atoms with van der Waals surface area (Å²) in [6.45, 7) is 0.956. The number of nitrogens with one attached hydrogen (secondary N) is 1. The number of benzene rings is 1. The zero-order chi connectivity index (χ0) is 13.1. The van der Waals surface area contributed by atoms with Crippen LogP contribution in [0.5, 0.6) is 0 Å². The lowest BCUT2D eigenvalue weighted by atomic mass is 10.0. The van der Waals surface area contributed by atoms with Gasteiger partial charge in [0.1, 0.15) is 5.94 Å². The van der Waals surface area contributed by atoms with Crippen LogP contribution in [0, 0.1) is 0 Å². The van der Waals surface area contributed by atoms with Gasteiger partial charge in [-0.05, 0) is 30.5 Å². The molecule has 0 saturated carbocycles. The maximum Gasteiger partial charge on any atom is 0.130 e. The summed E-state index contributed by atoms with van der Waals surface area (Å²) in [6.07, 6.45) is 9.84. The number of hydrazine groups is 1. The number of allylic oxidation sites excluding steroid dienone is 2. The van der Waals surface area contributed by atoms with Gasteiger partial charge in [0.05, 0.1) is 17.3 Å². The molecule has 0 spiro atoms. The molecule has 0 aromatic heterocycles. The van der Waals surface area contributed by atoms with Gasteiger partial charge in [-0.1, -0.05) is 36.4 Å². The highest BCUT2D eigenvalue weighted by Gasteiger charge is 2.20. The van der Waals surface area contributed by atoms with Crippen LogP contribution < -0.4 is 10.4 Å². The van der Waals surface area contributed by atoms with Gasteiger partial charge in [0.15, 0.2) is 0 Å². The van der Waals surface area contributed by atoms with Gasteiger partial charge in [-0.15, -0.1) is 0 Å². The first kappa shape index (κ1) is 12.0. The molecule has 1 unspecified atom stereocenters. The van der Waals surface area contributed by atoms with Crippen molar-refractivity contribution in [2.45, 2.75) is 18.9 Å². The Labute approximate surface area is 112 Å². The molecular formula is C16H16N2O. The molecule has 0 amide bonds. The number of aryl methyl sites for hydroxylation is 1. The minimum Gasteiger partial charge on any atom is -0.307 e. The highest BCUT2D eigenvalue weighted by Crippen LogP contribution is 2.26. The number of rotatable bonds is 2. The van der Waals surface area contributed by atoms with Crippen LogP contribution in [0.4, 0.5) is 5.69 Å². The van der Waals surface area contributed by atoms with Crippen LogP contribution in [-0.2, 0) is 11.2 Å². The molecular weight excluding hydrogens is 236 g/mol. The number of nitrogens with zero attached hydrogens (tertiary/aromatic N) is 1. The third-order valence-electron chi connectivity index (χ3n) is 3.55. The minimum absolute atomic E-state index is 0.0892. The fraction of sp³-hybridized carbons (Fsp3) is 0.250. The van der Waals surface area contributed by atoms with Crippen LogP contribution in [0.15, 0.2) is 54.1 Å². The van der Waals surface area contributed by atoms with Crippen molar-refractivity contribution in [2.75, 3.05) is 11.6 Å². The van der Waals surface area contributed by atoms with E-state index in [0.29, 0.717) is 5.57 Å². The maximum absolute atomic E-state index is 11.0. The number of fused-ring (bicyclic) bond motifs is 1. The second kappa shape index (κ2) is 5.27. The molecule has 1 aromatic carbocycles. The number of hydrogen-bond donors (Lipinski definition) is 1. The molecule has 1 aliphatic carbocycles. The van der Waals surface area contributed by atoms with Crippen molar-refractivity contribution in [1.29, 1.82) is 0 Å². The third kappa shape index (κ3) is 2.39. The Kier molecular flexibility index (Phi) is 3.32. The molecule has 1 atom stereocenters. The van der Waals surface area contributed by atoms with Crippen LogP contribution >= 0.6 is 0 Å². The SMILES string of the molecule is O=C=C1C=CC=CC1NN1CCCc2ccccc21. The van der Waals surface area contributed by atoms with E-state index in [1.54, 1.807) is 6.08 Å². The second-order valence-electron chi connectivity index (χ2n) is 4.79. The molecule has 0 bridgehead atoms. The molecule has 1 aromatic rings. The van der Waals surface area contributed by atoms with E-state index in [9.17, 15) is 4.79 Å². The smallest absolute Gasteiger partial charge is 0.130 e. The molecule has 1 aliphatic heterocycles. The number of carbonyl (C=O) groups excluding carboxylic acids is 1. The summed E-state index contributed by atoms with van der Waals surface area (Å²) in [6, 6.07) is 8.31. The predicted octanol–water partition coefficient (Wildman–Crippen LogP) is 2.20. The largest absolute Gasteiger partial charge is 0.307 e. The van der Waals surface area contributed by atoms with Gasteiger partial charge in [-0.25, -0.2) is 10.2 Å². The average Bonchev–Trinajstić information content (AvgIpc) is 2.48. The van der Waals surface area contributed by atoms with E-state index >= 15 is 0 Å². The molecule has 0 fully saturated rings. The van der Waals surface area contributed by atoms with Gasteiger partial charge in [-0.3, -0.25) is 0 Å². The van der Waals surface area contributed by atoms with E-state index in [4.69, 9.17) is 0 Å². The van der Waals surface area contributed by atoms with Crippen LogP contribution in [0.2, 0.25) is 0 Å². The number of para-hydroxylation sites is 1. The van der Waals surface area contributed by atoms with E-state index in [2.05, 4.69) is 28.6 Å². The zero-order valence-corrected chi connectivity index (χ0v) is 10.7. The Hall–Kier alpha value is -2.09. The van der Waals surface area contributed by atoms with Gasteiger partial charge in [0.2, 0.25) is 0 Å². The summed E-state index contributed by atoms with van der Waals surface area (Å²) < 4.78 is 0. The van der Waals surface area contributed by atoms with Crippen LogP contribution in [0.3, 0.4) is 0 Å². The molecule has 3 heteroatoms. The Morgan fingerprint density at radius 2 is 2.16 bits per heavy atom. The number of anilines is 1. The van der Waals surface area contributed by atoms with E-state index in [0.717, 1.165) is 19.4 Å². The molecule has 3 nitrogen and oxygen atoms in total. The maximum atomic E-state index is 11.0. The van der Waals surface area contributed by atoms with E-state index in [-0.39, 0.29) is 6.04 Å². The Balaban J connectivity index is 1.83.